The van der Waals surface area contributed by atoms with Crippen LogP contribution in [0.25, 0.3) is 0 Å². The van der Waals surface area contributed by atoms with E-state index in [1.54, 1.807) is 18.2 Å². The Morgan fingerprint density at radius 1 is 1.44 bits per heavy atom. The van der Waals surface area contributed by atoms with Gasteiger partial charge in [0.1, 0.15) is 0 Å². The third kappa shape index (κ3) is 3.22. The maximum Gasteiger partial charge on any atom is 0.180 e. The van der Waals surface area contributed by atoms with Crippen LogP contribution in [0.2, 0.25) is 0 Å². The van der Waals surface area contributed by atoms with Gasteiger partial charge in [-0.3, -0.25) is 0 Å². The molecule has 0 fully saturated rings. The highest BCUT2D eigenvalue weighted by molar-refractivity contribution is 9.10. The summed E-state index contributed by atoms with van der Waals surface area (Å²) in [6, 6.07) is 4.86. The number of sulfone groups is 1. The van der Waals surface area contributed by atoms with Gasteiger partial charge in [-0.2, -0.15) is 0 Å². The predicted molar refractivity (Wildman–Crippen MR) is 70.1 cm³/mol. The van der Waals surface area contributed by atoms with Gasteiger partial charge in [0.05, 0.1) is 16.3 Å². The van der Waals surface area contributed by atoms with E-state index in [4.69, 9.17) is 5.73 Å². The molecule has 0 radical (unpaired) electrons. The van der Waals surface area contributed by atoms with Gasteiger partial charge < -0.3 is 5.73 Å². The lowest BCUT2D eigenvalue weighted by atomic mass is 10.2. The highest BCUT2D eigenvalue weighted by Gasteiger charge is 2.20. The first kappa shape index (κ1) is 13.5. The maximum absolute atomic E-state index is 12.0. The lowest BCUT2D eigenvalue weighted by molar-refractivity contribution is 0.564. The van der Waals surface area contributed by atoms with Gasteiger partial charge in [0.25, 0.3) is 0 Å². The van der Waals surface area contributed by atoms with Crippen LogP contribution in [0.4, 0.5) is 5.69 Å². The van der Waals surface area contributed by atoms with Crippen LogP contribution in [0.3, 0.4) is 0 Å². The van der Waals surface area contributed by atoms with Crippen molar-refractivity contribution in [3.8, 4) is 0 Å². The zero-order valence-corrected chi connectivity index (χ0v) is 11.8. The van der Waals surface area contributed by atoms with Gasteiger partial charge in [-0.05, 0) is 24.1 Å². The van der Waals surface area contributed by atoms with Crippen molar-refractivity contribution in [2.24, 2.45) is 5.92 Å². The third-order valence-electron chi connectivity index (χ3n) is 2.51. The van der Waals surface area contributed by atoms with Crippen molar-refractivity contribution >= 4 is 31.5 Å². The summed E-state index contributed by atoms with van der Waals surface area (Å²) in [5.74, 6) is 0.294. The Kier molecular flexibility index (Phi) is 4.38. The second-order valence-electron chi connectivity index (χ2n) is 3.98. The molecule has 2 N–H and O–H groups in total. The minimum Gasteiger partial charge on any atom is -0.398 e. The first-order valence-electron chi connectivity index (χ1n) is 5.14. The Balaban J connectivity index is 3.08. The molecular formula is C11H16BrNO2S. The summed E-state index contributed by atoms with van der Waals surface area (Å²) in [7, 11) is -3.26. The van der Waals surface area contributed by atoms with Crippen LogP contribution >= 0.6 is 15.9 Å². The Bertz CT molecular complexity index is 471. The average molecular weight is 306 g/mol. The lowest BCUT2D eigenvalue weighted by Gasteiger charge is -2.11. The molecule has 1 rings (SSSR count). The average Bonchev–Trinajstić information content (AvgIpc) is 2.16. The van der Waals surface area contributed by atoms with Crippen LogP contribution < -0.4 is 5.73 Å². The molecule has 0 spiro atoms. The summed E-state index contributed by atoms with van der Waals surface area (Å²) in [6.07, 6.45) is 0.843. The predicted octanol–water partition coefficient (Wildman–Crippen LogP) is 2.85. The van der Waals surface area contributed by atoms with Crippen LogP contribution in [-0.4, -0.2) is 14.2 Å². The molecule has 0 saturated carbocycles. The fourth-order valence-corrected chi connectivity index (χ4v) is 3.62. The number of nitrogens with two attached hydrogens (primary N) is 1. The Labute approximate surface area is 105 Å². The molecule has 0 aliphatic heterocycles. The fourth-order valence-electron chi connectivity index (χ4n) is 1.38. The molecule has 0 amide bonds. The van der Waals surface area contributed by atoms with Crippen LogP contribution in [0, 0.1) is 5.92 Å². The molecule has 0 aromatic heterocycles. The van der Waals surface area contributed by atoms with Crippen LogP contribution in [0.5, 0.6) is 0 Å². The van der Waals surface area contributed by atoms with Crippen LogP contribution in [0.1, 0.15) is 20.3 Å². The smallest absolute Gasteiger partial charge is 0.180 e. The van der Waals surface area contributed by atoms with Crippen molar-refractivity contribution in [1.29, 1.82) is 0 Å². The summed E-state index contributed by atoms with van der Waals surface area (Å²) in [5.41, 5.74) is 6.02. The van der Waals surface area contributed by atoms with E-state index in [0.717, 1.165) is 10.9 Å². The molecule has 1 atom stereocenters. The number of rotatable bonds is 4. The molecular weight excluding hydrogens is 290 g/mol. The van der Waals surface area contributed by atoms with Gasteiger partial charge in [0.2, 0.25) is 0 Å². The van der Waals surface area contributed by atoms with Gasteiger partial charge in [0, 0.05) is 4.47 Å². The molecule has 0 heterocycles. The fraction of sp³-hybridized carbons (Fsp3) is 0.455. The molecule has 1 aromatic rings. The third-order valence-corrected chi connectivity index (χ3v) is 5.05. The lowest BCUT2D eigenvalue weighted by Crippen LogP contribution is -2.15. The summed E-state index contributed by atoms with van der Waals surface area (Å²) >= 11 is 3.25. The van der Waals surface area contributed by atoms with E-state index in [1.165, 1.54) is 0 Å². The first-order valence-corrected chi connectivity index (χ1v) is 7.59. The number of halogens is 1. The van der Waals surface area contributed by atoms with Gasteiger partial charge in [-0.25, -0.2) is 8.42 Å². The Morgan fingerprint density at radius 2 is 2.06 bits per heavy atom. The largest absolute Gasteiger partial charge is 0.398 e. The maximum atomic E-state index is 12.0. The second kappa shape index (κ2) is 5.19. The quantitative estimate of drug-likeness (QED) is 0.870. The Morgan fingerprint density at radius 3 is 2.56 bits per heavy atom. The number of hydrogen-bond donors (Lipinski definition) is 1. The van der Waals surface area contributed by atoms with E-state index < -0.39 is 9.84 Å². The highest BCUT2D eigenvalue weighted by Crippen LogP contribution is 2.25. The topological polar surface area (TPSA) is 60.2 Å². The molecule has 0 bridgehead atoms. The van der Waals surface area contributed by atoms with Crippen molar-refractivity contribution in [2.45, 2.75) is 25.2 Å². The monoisotopic (exact) mass is 305 g/mol. The second-order valence-corrected chi connectivity index (χ2v) is 6.90. The van der Waals surface area contributed by atoms with Crippen molar-refractivity contribution in [3.05, 3.63) is 22.7 Å². The molecule has 1 aromatic carbocycles. The summed E-state index contributed by atoms with van der Waals surface area (Å²) in [6.45, 7) is 3.90. The van der Waals surface area contributed by atoms with Crippen molar-refractivity contribution in [3.63, 3.8) is 0 Å². The van der Waals surface area contributed by atoms with Gasteiger partial charge in [0.15, 0.2) is 9.84 Å². The van der Waals surface area contributed by atoms with Gasteiger partial charge >= 0.3 is 0 Å². The zero-order valence-electron chi connectivity index (χ0n) is 9.40. The van der Waals surface area contributed by atoms with Crippen LogP contribution in [-0.2, 0) is 9.84 Å². The molecule has 16 heavy (non-hydrogen) atoms. The highest BCUT2D eigenvalue weighted by atomic mass is 79.9. The summed E-state index contributed by atoms with van der Waals surface area (Å²) in [4.78, 5) is 0.232. The summed E-state index contributed by atoms with van der Waals surface area (Å²) in [5, 5.41) is 0. The SMILES string of the molecule is CCC(C)CS(=O)(=O)c1ccc(Br)cc1N. The normalized spacial score (nSPS) is 13.7. The molecule has 0 aliphatic rings. The molecule has 3 nitrogen and oxygen atoms in total. The standard InChI is InChI=1S/C11H16BrNO2S/c1-3-8(2)7-16(14,15)11-5-4-9(12)6-10(11)13/h4-6,8H,3,7,13H2,1-2H3. The van der Waals surface area contributed by atoms with Crippen LogP contribution in [0.15, 0.2) is 27.6 Å². The number of benzene rings is 1. The molecule has 90 valence electrons. The van der Waals surface area contributed by atoms with E-state index in [1.807, 2.05) is 13.8 Å². The minimum atomic E-state index is -3.26. The number of nitrogen functional groups attached to an aromatic ring is 1. The van der Waals surface area contributed by atoms with E-state index in [0.29, 0.717) is 5.69 Å². The number of anilines is 1. The summed E-state index contributed by atoms with van der Waals surface area (Å²) < 4.78 is 24.9. The van der Waals surface area contributed by atoms with Gasteiger partial charge in [-0.15, -0.1) is 0 Å². The van der Waals surface area contributed by atoms with Crippen molar-refractivity contribution in [1.82, 2.24) is 0 Å². The van der Waals surface area contributed by atoms with Gasteiger partial charge in [-0.1, -0.05) is 36.2 Å². The van der Waals surface area contributed by atoms with E-state index in [2.05, 4.69) is 15.9 Å². The first-order chi connectivity index (χ1) is 7.36. The molecule has 0 aliphatic carbocycles. The molecule has 1 unspecified atom stereocenters. The molecule has 5 heteroatoms. The number of hydrogen-bond acceptors (Lipinski definition) is 3. The Hall–Kier alpha value is -0.550. The van der Waals surface area contributed by atoms with Crippen molar-refractivity contribution < 1.29 is 8.42 Å². The minimum absolute atomic E-state index is 0.146. The van der Waals surface area contributed by atoms with E-state index in [9.17, 15) is 8.42 Å². The van der Waals surface area contributed by atoms with Crippen molar-refractivity contribution in [2.75, 3.05) is 11.5 Å². The molecule has 0 saturated heterocycles. The van der Waals surface area contributed by atoms with E-state index >= 15 is 0 Å². The van der Waals surface area contributed by atoms with E-state index in [-0.39, 0.29) is 16.6 Å². The zero-order chi connectivity index (χ0) is 12.3.